The van der Waals surface area contributed by atoms with Crippen molar-refractivity contribution in [2.75, 3.05) is 31.0 Å². The molecule has 31 heavy (non-hydrogen) atoms. The largest absolute Gasteiger partial charge is 0.465 e. The van der Waals surface area contributed by atoms with Crippen molar-refractivity contribution in [1.29, 1.82) is 0 Å². The van der Waals surface area contributed by atoms with E-state index >= 15 is 0 Å². The first kappa shape index (κ1) is 24.9. The molecule has 0 aliphatic rings. The van der Waals surface area contributed by atoms with E-state index in [0.29, 0.717) is 22.2 Å². The number of aryl methyl sites for hydroxylation is 3. The number of ether oxygens (including phenoxy) is 2. The van der Waals surface area contributed by atoms with Gasteiger partial charge in [-0.05, 0) is 56.5 Å². The Labute approximate surface area is 187 Å². The number of aliphatic hydroxyl groups excluding tert-OH is 1. The number of pyridine rings is 1. The van der Waals surface area contributed by atoms with Crippen LogP contribution in [0.4, 0.5) is 5.69 Å². The number of aliphatic hydroxyl groups is 1. The number of sulfone groups is 1. The SMILES string of the molecule is COC(=O)c1c(NC(CO)CCS(C)(=O)=O)cc(C)nc1Oc1c(C)cc(Cl)cc1C. The summed E-state index contributed by atoms with van der Waals surface area (Å²) >= 11 is 6.09. The van der Waals surface area contributed by atoms with Crippen LogP contribution < -0.4 is 10.1 Å². The van der Waals surface area contributed by atoms with Crippen molar-refractivity contribution < 1.29 is 27.8 Å². The van der Waals surface area contributed by atoms with Crippen LogP contribution in [0, 0.1) is 20.8 Å². The molecule has 8 nitrogen and oxygen atoms in total. The zero-order valence-corrected chi connectivity index (χ0v) is 19.7. The molecule has 0 aliphatic carbocycles. The fourth-order valence-electron chi connectivity index (χ4n) is 3.07. The Kier molecular flexibility index (Phi) is 8.27. The molecule has 170 valence electrons. The Morgan fingerprint density at radius 1 is 1.23 bits per heavy atom. The smallest absolute Gasteiger partial charge is 0.345 e. The lowest BCUT2D eigenvalue weighted by Gasteiger charge is -2.21. The molecule has 0 amide bonds. The summed E-state index contributed by atoms with van der Waals surface area (Å²) < 4.78 is 34.0. The number of nitrogens with one attached hydrogen (secondary N) is 1. The van der Waals surface area contributed by atoms with Crippen LogP contribution in [0.5, 0.6) is 11.6 Å². The van der Waals surface area contributed by atoms with Gasteiger partial charge in [-0.15, -0.1) is 0 Å². The van der Waals surface area contributed by atoms with Crippen molar-refractivity contribution in [3.63, 3.8) is 0 Å². The lowest BCUT2D eigenvalue weighted by atomic mass is 10.1. The monoisotopic (exact) mass is 470 g/mol. The maximum Gasteiger partial charge on any atom is 0.345 e. The molecule has 1 unspecified atom stereocenters. The lowest BCUT2D eigenvalue weighted by molar-refractivity contribution is 0.0598. The first-order valence-electron chi connectivity index (χ1n) is 9.54. The number of methoxy groups -OCH3 is 1. The number of benzene rings is 1. The van der Waals surface area contributed by atoms with Gasteiger partial charge in [0.05, 0.1) is 31.2 Å². The topological polar surface area (TPSA) is 115 Å². The molecule has 10 heteroatoms. The molecule has 2 N–H and O–H groups in total. The maximum absolute atomic E-state index is 12.6. The minimum atomic E-state index is -3.21. The van der Waals surface area contributed by atoms with Crippen molar-refractivity contribution >= 4 is 33.1 Å². The zero-order chi connectivity index (χ0) is 23.3. The van der Waals surface area contributed by atoms with Crippen LogP contribution in [-0.2, 0) is 14.6 Å². The van der Waals surface area contributed by atoms with Crippen LogP contribution in [0.2, 0.25) is 5.02 Å². The van der Waals surface area contributed by atoms with E-state index in [2.05, 4.69) is 10.3 Å². The summed E-state index contributed by atoms with van der Waals surface area (Å²) in [6.07, 6.45) is 1.28. The summed E-state index contributed by atoms with van der Waals surface area (Å²) in [5.74, 6) is -0.263. The second-order valence-corrected chi connectivity index (χ2v) is 10.1. The molecule has 0 radical (unpaired) electrons. The molecule has 0 bridgehead atoms. The van der Waals surface area contributed by atoms with Gasteiger partial charge in [0.2, 0.25) is 5.88 Å². The van der Waals surface area contributed by atoms with Crippen molar-refractivity contribution in [1.82, 2.24) is 4.98 Å². The second-order valence-electron chi connectivity index (χ2n) is 7.40. The van der Waals surface area contributed by atoms with Crippen LogP contribution in [0.15, 0.2) is 18.2 Å². The van der Waals surface area contributed by atoms with E-state index in [9.17, 15) is 18.3 Å². The molecular weight excluding hydrogens is 444 g/mol. The summed E-state index contributed by atoms with van der Waals surface area (Å²) in [5.41, 5.74) is 2.44. The molecule has 0 saturated heterocycles. The molecule has 0 spiro atoms. The minimum Gasteiger partial charge on any atom is -0.465 e. The van der Waals surface area contributed by atoms with Crippen molar-refractivity contribution in [2.24, 2.45) is 0 Å². The molecule has 0 aliphatic heterocycles. The molecule has 1 atom stereocenters. The van der Waals surface area contributed by atoms with Crippen molar-refractivity contribution in [3.8, 4) is 11.6 Å². The number of esters is 1. The highest BCUT2D eigenvalue weighted by Gasteiger charge is 2.24. The number of hydrogen-bond acceptors (Lipinski definition) is 8. The highest BCUT2D eigenvalue weighted by molar-refractivity contribution is 7.90. The molecule has 2 rings (SSSR count). The summed E-state index contributed by atoms with van der Waals surface area (Å²) in [5, 5.41) is 13.3. The molecule has 1 aromatic heterocycles. The number of carbonyl (C=O) groups is 1. The quantitative estimate of drug-likeness (QED) is 0.535. The number of halogens is 1. The van der Waals surface area contributed by atoms with Gasteiger partial charge >= 0.3 is 5.97 Å². The van der Waals surface area contributed by atoms with E-state index in [-0.39, 0.29) is 30.2 Å². The van der Waals surface area contributed by atoms with Crippen LogP contribution in [-0.4, -0.2) is 56.2 Å². The average Bonchev–Trinajstić information content (AvgIpc) is 2.66. The van der Waals surface area contributed by atoms with Crippen molar-refractivity contribution in [3.05, 3.63) is 45.6 Å². The Balaban J connectivity index is 2.51. The Bertz CT molecular complexity index is 1050. The van der Waals surface area contributed by atoms with Gasteiger partial charge in [0.1, 0.15) is 21.2 Å². The summed E-state index contributed by atoms with van der Waals surface area (Å²) in [7, 11) is -1.98. The highest BCUT2D eigenvalue weighted by atomic mass is 35.5. The predicted molar refractivity (Wildman–Crippen MR) is 120 cm³/mol. The first-order valence-corrected chi connectivity index (χ1v) is 12.0. The number of nitrogens with zero attached hydrogens (tertiary/aromatic N) is 1. The lowest BCUT2D eigenvalue weighted by Crippen LogP contribution is -2.28. The first-order chi connectivity index (χ1) is 14.4. The summed E-state index contributed by atoms with van der Waals surface area (Å²) in [6.45, 7) is 5.05. The van der Waals surface area contributed by atoms with E-state index < -0.39 is 21.8 Å². The third-order valence-electron chi connectivity index (χ3n) is 4.54. The van der Waals surface area contributed by atoms with Gasteiger partial charge in [-0.1, -0.05) is 11.6 Å². The Morgan fingerprint density at radius 2 is 1.84 bits per heavy atom. The molecule has 2 aromatic rings. The molecular formula is C21H27ClN2O6S. The third kappa shape index (κ3) is 6.81. The maximum atomic E-state index is 12.6. The molecule has 0 fully saturated rings. The summed E-state index contributed by atoms with van der Waals surface area (Å²) in [4.78, 5) is 17.0. The fraction of sp³-hybridized carbons (Fsp3) is 0.429. The minimum absolute atomic E-state index is 0.0303. The summed E-state index contributed by atoms with van der Waals surface area (Å²) in [6, 6.07) is 4.49. The van der Waals surface area contributed by atoms with E-state index in [4.69, 9.17) is 21.1 Å². The molecule has 0 saturated carbocycles. The number of hydrogen-bond donors (Lipinski definition) is 2. The number of rotatable bonds is 9. The van der Waals surface area contributed by atoms with Gasteiger partial charge in [-0.3, -0.25) is 0 Å². The van der Waals surface area contributed by atoms with Gasteiger partial charge in [-0.25, -0.2) is 18.2 Å². The molecule has 1 heterocycles. The van der Waals surface area contributed by atoms with E-state index in [1.54, 1.807) is 25.1 Å². The Morgan fingerprint density at radius 3 is 2.35 bits per heavy atom. The zero-order valence-electron chi connectivity index (χ0n) is 18.2. The van der Waals surface area contributed by atoms with Gasteiger partial charge in [0, 0.05) is 17.0 Å². The third-order valence-corrected chi connectivity index (χ3v) is 5.74. The molecule has 1 aromatic carbocycles. The Hall–Kier alpha value is -2.36. The predicted octanol–water partition coefficient (Wildman–Crippen LogP) is 3.45. The van der Waals surface area contributed by atoms with Gasteiger partial charge in [0.25, 0.3) is 0 Å². The number of aromatic nitrogens is 1. The number of anilines is 1. The van der Waals surface area contributed by atoms with Crippen LogP contribution in [0.25, 0.3) is 0 Å². The van der Waals surface area contributed by atoms with Crippen LogP contribution in [0.3, 0.4) is 0 Å². The van der Waals surface area contributed by atoms with Crippen LogP contribution >= 0.6 is 11.6 Å². The standard InChI is InChI=1S/C21H27ClN2O6S/c1-12-8-15(22)9-13(2)19(12)30-20-18(21(26)29-4)17(10-14(3)23-20)24-16(11-25)6-7-31(5,27)28/h8-10,16,25H,6-7,11H2,1-5H3,(H,23,24). The van der Waals surface area contributed by atoms with Crippen molar-refractivity contribution in [2.45, 2.75) is 33.2 Å². The van der Waals surface area contributed by atoms with Gasteiger partial charge in [-0.2, -0.15) is 0 Å². The average molecular weight is 471 g/mol. The van der Waals surface area contributed by atoms with Gasteiger partial charge in [0.15, 0.2) is 0 Å². The fourth-order valence-corrected chi connectivity index (χ4v) is 4.11. The van der Waals surface area contributed by atoms with E-state index in [1.165, 1.54) is 7.11 Å². The normalized spacial score (nSPS) is 12.4. The number of carbonyl (C=O) groups excluding carboxylic acids is 1. The van der Waals surface area contributed by atoms with E-state index in [0.717, 1.165) is 17.4 Å². The van der Waals surface area contributed by atoms with E-state index in [1.807, 2.05) is 13.8 Å². The van der Waals surface area contributed by atoms with Gasteiger partial charge < -0.3 is 19.9 Å². The second kappa shape index (κ2) is 10.3. The highest BCUT2D eigenvalue weighted by Crippen LogP contribution is 2.35. The van der Waals surface area contributed by atoms with Crippen LogP contribution in [0.1, 0.15) is 33.6 Å².